The number of anilines is 1. The SMILES string of the molecule is O=C(O)c1cnc(N2CCCC2CCc2ccccc2)cn1. The number of aromatic carboxylic acids is 1. The van der Waals surface area contributed by atoms with Gasteiger partial charge in [-0.15, -0.1) is 0 Å². The molecular weight excluding hydrogens is 278 g/mol. The molecule has 1 N–H and O–H groups in total. The van der Waals surface area contributed by atoms with Crippen molar-refractivity contribution in [3.8, 4) is 0 Å². The van der Waals surface area contributed by atoms with Crippen LogP contribution in [0, 0.1) is 0 Å². The second-order valence-electron chi connectivity index (χ2n) is 5.58. The first-order chi connectivity index (χ1) is 10.7. The van der Waals surface area contributed by atoms with Crippen LogP contribution in [0.15, 0.2) is 42.7 Å². The standard InChI is InChI=1S/C17H19N3O2/c21-17(22)15-11-19-16(12-18-15)20-10-4-7-14(20)9-8-13-5-2-1-3-6-13/h1-3,5-6,11-12,14H,4,7-10H2,(H,21,22). The summed E-state index contributed by atoms with van der Waals surface area (Å²) in [4.78, 5) is 21.3. The smallest absolute Gasteiger partial charge is 0.356 e. The molecule has 1 aliphatic rings. The summed E-state index contributed by atoms with van der Waals surface area (Å²) in [5.74, 6) is -0.262. The summed E-state index contributed by atoms with van der Waals surface area (Å²) in [5, 5.41) is 8.89. The molecule has 1 aliphatic heterocycles. The molecule has 0 saturated carbocycles. The molecule has 1 unspecified atom stereocenters. The third kappa shape index (κ3) is 3.24. The van der Waals surface area contributed by atoms with Gasteiger partial charge in [0, 0.05) is 12.6 Å². The summed E-state index contributed by atoms with van der Waals surface area (Å²) < 4.78 is 0. The predicted octanol–water partition coefficient (Wildman–Crippen LogP) is 2.78. The van der Waals surface area contributed by atoms with E-state index in [-0.39, 0.29) is 5.69 Å². The molecule has 5 heteroatoms. The molecule has 0 bridgehead atoms. The molecule has 2 heterocycles. The highest BCUT2D eigenvalue weighted by Gasteiger charge is 2.25. The number of aromatic nitrogens is 2. The number of carboxylic acids is 1. The van der Waals surface area contributed by atoms with Crippen molar-refractivity contribution in [3.05, 3.63) is 54.0 Å². The Morgan fingerprint density at radius 3 is 2.73 bits per heavy atom. The third-order valence-electron chi connectivity index (χ3n) is 4.14. The van der Waals surface area contributed by atoms with E-state index < -0.39 is 5.97 Å². The lowest BCUT2D eigenvalue weighted by Crippen LogP contribution is -2.30. The van der Waals surface area contributed by atoms with E-state index in [9.17, 15) is 4.79 Å². The fraction of sp³-hybridized carbons (Fsp3) is 0.353. The lowest BCUT2D eigenvalue weighted by Gasteiger charge is -2.25. The Hall–Kier alpha value is -2.43. The molecule has 0 radical (unpaired) electrons. The normalized spacial score (nSPS) is 17.6. The zero-order valence-electron chi connectivity index (χ0n) is 12.4. The van der Waals surface area contributed by atoms with Crippen molar-refractivity contribution >= 4 is 11.8 Å². The van der Waals surface area contributed by atoms with Gasteiger partial charge >= 0.3 is 5.97 Å². The van der Waals surface area contributed by atoms with E-state index in [1.165, 1.54) is 11.8 Å². The van der Waals surface area contributed by atoms with E-state index >= 15 is 0 Å². The topological polar surface area (TPSA) is 66.3 Å². The molecule has 1 fully saturated rings. The molecule has 22 heavy (non-hydrogen) atoms. The fourth-order valence-electron chi connectivity index (χ4n) is 3.00. The predicted molar refractivity (Wildman–Crippen MR) is 84.1 cm³/mol. The Morgan fingerprint density at radius 1 is 1.23 bits per heavy atom. The van der Waals surface area contributed by atoms with Gasteiger partial charge in [-0.3, -0.25) is 0 Å². The molecule has 1 aromatic carbocycles. The van der Waals surface area contributed by atoms with Crippen LogP contribution in [0.3, 0.4) is 0 Å². The molecule has 1 atom stereocenters. The number of nitrogens with zero attached hydrogens (tertiary/aromatic N) is 3. The van der Waals surface area contributed by atoms with Crippen molar-refractivity contribution < 1.29 is 9.90 Å². The average Bonchev–Trinajstić information content (AvgIpc) is 3.02. The van der Waals surface area contributed by atoms with E-state index in [0.717, 1.165) is 38.0 Å². The number of carboxylic acid groups (broad SMARTS) is 1. The molecule has 2 aromatic rings. The second kappa shape index (κ2) is 6.56. The van der Waals surface area contributed by atoms with Gasteiger partial charge in [0.2, 0.25) is 0 Å². The molecule has 0 amide bonds. The Balaban J connectivity index is 1.66. The minimum Gasteiger partial charge on any atom is -0.476 e. The van der Waals surface area contributed by atoms with Crippen molar-refractivity contribution in [3.63, 3.8) is 0 Å². The van der Waals surface area contributed by atoms with Gasteiger partial charge in [0.15, 0.2) is 5.69 Å². The zero-order valence-corrected chi connectivity index (χ0v) is 12.4. The molecule has 0 aliphatic carbocycles. The van der Waals surface area contributed by atoms with E-state index in [1.807, 2.05) is 6.07 Å². The van der Waals surface area contributed by atoms with Gasteiger partial charge in [0.05, 0.1) is 12.4 Å². The van der Waals surface area contributed by atoms with Crippen LogP contribution in [-0.4, -0.2) is 33.6 Å². The Kier molecular flexibility index (Phi) is 4.32. The Bertz CT molecular complexity index is 628. The van der Waals surface area contributed by atoms with E-state index in [2.05, 4.69) is 39.1 Å². The maximum atomic E-state index is 10.8. The number of aryl methyl sites for hydroxylation is 1. The first-order valence-electron chi connectivity index (χ1n) is 7.60. The second-order valence-corrected chi connectivity index (χ2v) is 5.58. The van der Waals surface area contributed by atoms with Crippen LogP contribution in [0.25, 0.3) is 0 Å². The molecule has 0 spiro atoms. The van der Waals surface area contributed by atoms with Crippen LogP contribution in [0.1, 0.15) is 35.3 Å². The quantitative estimate of drug-likeness (QED) is 0.919. The summed E-state index contributed by atoms with van der Waals surface area (Å²) in [5.41, 5.74) is 1.34. The van der Waals surface area contributed by atoms with Gasteiger partial charge < -0.3 is 10.0 Å². The zero-order chi connectivity index (χ0) is 15.4. The highest BCUT2D eigenvalue weighted by atomic mass is 16.4. The van der Waals surface area contributed by atoms with Crippen molar-refractivity contribution in [1.82, 2.24) is 9.97 Å². The Labute approximate surface area is 129 Å². The summed E-state index contributed by atoms with van der Waals surface area (Å²) in [7, 11) is 0. The van der Waals surface area contributed by atoms with Crippen molar-refractivity contribution in [2.45, 2.75) is 31.7 Å². The van der Waals surface area contributed by atoms with Crippen LogP contribution < -0.4 is 4.90 Å². The van der Waals surface area contributed by atoms with Crippen molar-refractivity contribution in [1.29, 1.82) is 0 Å². The summed E-state index contributed by atoms with van der Waals surface area (Å²) in [6.07, 6.45) is 7.32. The van der Waals surface area contributed by atoms with Crippen LogP contribution in [-0.2, 0) is 6.42 Å². The van der Waals surface area contributed by atoms with Gasteiger partial charge in [0.25, 0.3) is 0 Å². The van der Waals surface area contributed by atoms with Gasteiger partial charge in [0.1, 0.15) is 5.82 Å². The lowest BCUT2D eigenvalue weighted by atomic mass is 10.0. The fourth-order valence-corrected chi connectivity index (χ4v) is 3.00. The molecule has 3 rings (SSSR count). The van der Waals surface area contributed by atoms with Gasteiger partial charge in [-0.2, -0.15) is 0 Å². The van der Waals surface area contributed by atoms with Crippen molar-refractivity contribution in [2.24, 2.45) is 0 Å². The molecule has 5 nitrogen and oxygen atoms in total. The minimum absolute atomic E-state index is 0.0104. The van der Waals surface area contributed by atoms with Crippen LogP contribution in [0.4, 0.5) is 5.82 Å². The van der Waals surface area contributed by atoms with Gasteiger partial charge in [-0.25, -0.2) is 14.8 Å². The van der Waals surface area contributed by atoms with Crippen LogP contribution >= 0.6 is 0 Å². The minimum atomic E-state index is -1.04. The highest BCUT2D eigenvalue weighted by molar-refractivity contribution is 5.84. The third-order valence-corrected chi connectivity index (χ3v) is 4.14. The average molecular weight is 297 g/mol. The Morgan fingerprint density at radius 2 is 2.05 bits per heavy atom. The molecule has 1 aromatic heterocycles. The first kappa shape index (κ1) is 14.5. The summed E-state index contributed by atoms with van der Waals surface area (Å²) in [6.45, 7) is 0.959. The van der Waals surface area contributed by atoms with Gasteiger partial charge in [-0.05, 0) is 31.2 Å². The van der Waals surface area contributed by atoms with E-state index in [1.54, 1.807) is 6.20 Å². The highest BCUT2D eigenvalue weighted by Crippen LogP contribution is 2.26. The monoisotopic (exact) mass is 297 g/mol. The molecular formula is C17H19N3O2. The number of hydrogen-bond acceptors (Lipinski definition) is 4. The number of benzene rings is 1. The van der Waals surface area contributed by atoms with Crippen molar-refractivity contribution in [2.75, 3.05) is 11.4 Å². The maximum absolute atomic E-state index is 10.8. The largest absolute Gasteiger partial charge is 0.476 e. The van der Waals surface area contributed by atoms with E-state index in [0.29, 0.717) is 6.04 Å². The number of carbonyl (C=O) groups is 1. The lowest BCUT2D eigenvalue weighted by molar-refractivity contribution is 0.0690. The van der Waals surface area contributed by atoms with Crippen LogP contribution in [0.5, 0.6) is 0 Å². The summed E-state index contributed by atoms with van der Waals surface area (Å²) >= 11 is 0. The maximum Gasteiger partial charge on any atom is 0.356 e. The van der Waals surface area contributed by atoms with Gasteiger partial charge in [-0.1, -0.05) is 30.3 Å². The van der Waals surface area contributed by atoms with E-state index in [4.69, 9.17) is 5.11 Å². The number of hydrogen-bond donors (Lipinski definition) is 1. The molecule has 114 valence electrons. The van der Waals surface area contributed by atoms with Crippen LogP contribution in [0.2, 0.25) is 0 Å². The molecule has 1 saturated heterocycles. The summed E-state index contributed by atoms with van der Waals surface area (Å²) in [6, 6.07) is 10.9. The first-order valence-corrected chi connectivity index (χ1v) is 7.60. The number of rotatable bonds is 5.